The second-order valence-corrected chi connectivity index (χ2v) is 6.60. The number of benzene rings is 1. The van der Waals surface area contributed by atoms with Crippen molar-refractivity contribution in [2.45, 2.75) is 33.9 Å². The van der Waals surface area contributed by atoms with Crippen LogP contribution in [0, 0.1) is 20.8 Å². The van der Waals surface area contributed by atoms with Gasteiger partial charge in [0.1, 0.15) is 37.9 Å². The van der Waals surface area contributed by atoms with Gasteiger partial charge in [-0.15, -0.1) is 0 Å². The number of imidazole rings is 2. The Labute approximate surface area is 138 Å². The molecule has 2 heterocycles. The average molecular weight is 310 g/mol. The molecule has 2 aromatic heterocycles. The van der Waals surface area contributed by atoms with Crippen LogP contribution in [-0.4, -0.2) is 9.13 Å². The summed E-state index contributed by atoms with van der Waals surface area (Å²) in [5.74, 6) is 0. The largest absolute Gasteiger partial charge is 0.243 e. The van der Waals surface area contributed by atoms with Gasteiger partial charge in [-0.25, -0.2) is 18.3 Å². The van der Waals surface area contributed by atoms with E-state index in [0.29, 0.717) is 0 Å². The van der Waals surface area contributed by atoms with Gasteiger partial charge in [-0.3, -0.25) is 0 Å². The first kappa shape index (κ1) is 15.5. The standard InChI is InChI=1S/C19H26N4/c1-15-10-16(2)19(12-23-9-7-21(5)14-23)17(3)18(15)11-22-8-6-20(4)13-22/h6-10,13-14H,11-12H2,1-5H3/q+2. The van der Waals surface area contributed by atoms with Crippen molar-refractivity contribution in [3.63, 3.8) is 0 Å². The highest BCUT2D eigenvalue weighted by atomic mass is 15.1. The van der Waals surface area contributed by atoms with E-state index in [-0.39, 0.29) is 0 Å². The summed E-state index contributed by atoms with van der Waals surface area (Å²) >= 11 is 0. The minimum Gasteiger partial charge on any atom is -0.240 e. The van der Waals surface area contributed by atoms with Crippen LogP contribution in [0.15, 0.2) is 43.5 Å². The molecule has 4 nitrogen and oxygen atoms in total. The number of aromatic nitrogens is 4. The Morgan fingerprint density at radius 2 is 1.22 bits per heavy atom. The average Bonchev–Trinajstić information content (AvgIpc) is 3.08. The summed E-state index contributed by atoms with van der Waals surface area (Å²) in [5.41, 5.74) is 7.02. The van der Waals surface area contributed by atoms with Crippen LogP contribution in [0.3, 0.4) is 0 Å². The molecule has 4 heteroatoms. The van der Waals surface area contributed by atoms with Gasteiger partial charge in [0.25, 0.3) is 0 Å². The van der Waals surface area contributed by atoms with Crippen molar-refractivity contribution in [3.05, 3.63) is 71.3 Å². The molecule has 3 rings (SSSR count). The Hall–Kier alpha value is -2.36. The zero-order valence-corrected chi connectivity index (χ0v) is 14.7. The molecule has 0 spiro atoms. The summed E-state index contributed by atoms with van der Waals surface area (Å²) in [6.07, 6.45) is 12.7. The highest BCUT2D eigenvalue weighted by molar-refractivity contribution is 5.45. The topological polar surface area (TPSA) is 17.6 Å². The Balaban J connectivity index is 1.98. The third-order valence-electron chi connectivity index (χ3n) is 4.62. The van der Waals surface area contributed by atoms with Gasteiger partial charge in [0.15, 0.2) is 0 Å². The predicted molar refractivity (Wildman–Crippen MR) is 90.1 cm³/mol. The lowest BCUT2D eigenvalue weighted by Gasteiger charge is -2.15. The van der Waals surface area contributed by atoms with Crippen LogP contribution in [-0.2, 0) is 27.2 Å². The molecule has 0 saturated heterocycles. The summed E-state index contributed by atoms with van der Waals surface area (Å²) in [6, 6.07) is 2.32. The molecule has 1 aromatic carbocycles. The van der Waals surface area contributed by atoms with Gasteiger partial charge >= 0.3 is 0 Å². The zero-order valence-electron chi connectivity index (χ0n) is 14.7. The van der Waals surface area contributed by atoms with Crippen LogP contribution in [0.4, 0.5) is 0 Å². The summed E-state index contributed by atoms with van der Waals surface area (Å²) in [6.45, 7) is 8.55. The van der Waals surface area contributed by atoms with Crippen LogP contribution < -0.4 is 9.13 Å². The molecular formula is C19H26N4+2. The van der Waals surface area contributed by atoms with E-state index in [0.717, 1.165) is 13.1 Å². The van der Waals surface area contributed by atoms with Crippen molar-refractivity contribution in [1.82, 2.24) is 9.13 Å². The van der Waals surface area contributed by atoms with Gasteiger partial charge in [-0.1, -0.05) is 6.07 Å². The molecule has 0 fully saturated rings. The van der Waals surface area contributed by atoms with Crippen LogP contribution in [0.5, 0.6) is 0 Å². The Kier molecular flexibility index (Phi) is 4.07. The first-order chi connectivity index (χ1) is 10.9. The van der Waals surface area contributed by atoms with E-state index >= 15 is 0 Å². The summed E-state index contributed by atoms with van der Waals surface area (Å²) in [5, 5.41) is 0. The van der Waals surface area contributed by atoms with E-state index in [1.54, 1.807) is 0 Å². The zero-order chi connectivity index (χ0) is 16.6. The van der Waals surface area contributed by atoms with Crippen molar-refractivity contribution in [2.75, 3.05) is 0 Å². The van der Waals surface area contributed by atoms with Gasteiger partial charge < -0.3 is 0 Å². The van der Waals surface area contributed by atoms with Crippen molar-refractivity contribution in [3.8, 4) is 0 Å². The first-order valence-electron chi connectivity index (χ1n) is 8.04. The van der Waals surface area contributed by atoms with Crippen molar-refractivity contribution < 1.29 is 9.13 Å². The lowest BCUT2D eigenvalue weighted by Crippen LogP contribution is -2.24. The maximum Gasteiger partial charge on any atom is 0.243 e. The molecule has 0 amide bonds. The van der Waals surface area contributed by atoms with Gasteiger partial charge in [-0.2, -0.15) is 0 Å². The molecule has 0 aliphatic heterocycles. The molecule has 0 bridgehead atoms. The summed E-state index contributed by atoms with van der Waals surface area (Å²) in [7, 11) is 4.12. The lowest BCUT2D eigenvalue weighted by atomic mass is 9.93. The van der Waals surface area contributed by atoms with E-state index < -0.39 is 0 Å². The van der Waals surface area contributed by atoms with Gasteiger partial charge in [0.05, 0.1) is 14.1 Å². The van der Waals surface area contributed by atoms with Crippen molar-refractivity contribution in [1.29, 1.82) is 0 Å². The van der Waals surface area contributed by atoms with E-state index in [1.807, 2.05) is 0 Å². The maximum absolute atomic E-state index is 2.32. The Morgan fingerprint density at radius 3 is 1.57 bits per heavy atom. The second kappa shape index (κ2) is 6.03. The van der Waals surface area contributed by atoms with Crippen molar-refractivity contribution in [2.24, 2.45) is 14.1 Å². The monoisotopic (exact) mass is 310 g/mol. The van der Waals surface area contributed by atoms with Crippen LogP contribution in [0.25, 0.3) is 0 Å². The highest BCUT2D eigenvalue weighted by Gasteiger charge is 2.15. The summed E-state index contributed by atoms with van der Waals surface area (Å²) in [4.78, 5) is 0. The number of nitrogens with zero attached hydrogens (tertiary/aromatic N) is 4. The molecule has 0 aliphatic carbocycles. The lowest BCUT2D eigenvalue weighted by molar-refractivity contribution is -0.671. The molecule has 120 valence electrons. The van der Waals surface area contributed by atoms with Crippen molar-refractivity contribution >= 4 is 0 Å². The molecule has 0 radical (unpaired) electrons. The molecule has 0 aliphatic rings. The summed E-state index contributed by atoms with van der Waals surface area (Å²) < 4.78 is 8.65. The first-order valence-corrected chi connectivity index (χ1v) is 8.04. The van der Waals surface area contributed by atoms with Gasteiger partial charge in [0.2, 0.25) is 12.7 Å². The number of hydrogen-bond acceptors (Lipinski definition) is 0. The van der Waals surface area contributed by atoms with E-state index in [4.69, 9.17) is 0 Å². The third kappa shape index (κ3) is 3.21. The van der Waals surface area contributed by atoms with Crippen LogP contribution >= 0.6 is 0 Å². The smallest absolute Gasteiger partial charge is 0.240 e. The van der Waals surface area contributed by atoms with Gasteiger partial charge in [0, 0.05) is 0 Å². The second-order valence-electron chi connectivity index (χ2n) is 6.60. The SMILES string of the molecule is Cc1cc(C)c(Cn2cc[n+](C)c2)c(C)c1Cn1cc[n+](C)c1. The molecule has 0 saturated carbocycles. The fourth-order valence-electron chi connectivity index (χ4n) is 3.31. The van der Waals surface area contributed by atoms with Gasteiger partial charge in [-0.05, 0) is 48.6 Å². The number of hydrogen-bond donors (Lipinski definition) is 0. The fraction of sp³-hybridized carbons (Fsp3) is 0.368. The quantitative estimate of drug-likeness (QED) is 0.656. The predicted octanol–water partition coefficient (Wildman–Crippen LogP) is 1.96. The van der Waals surface area contributed by atoms with E-state index in [1.165, 1.54) is 27.8 Å². The maximum atomic E-state index is 2.32. The van der Waals surface area contributed by atoms with Crippen LogP contribution in [0.1, 0.15) is 27.8 Å². The van der Waals surface area contributed by atoms with E-state index in [9.17, 15) is 0 Å². The minimum atomic E-state index is 0.922. The Morgan fingerprint density at radius 1 is 0.783 bits per heavy atom. The minimum absolute atomic E-state index is 0.922. The molecule has 0 unspecified atom stereocenters. The Bertz CT molecular complexity index is 773. The fourth-order valence-corrected chi connectivity index (χ4v) is 3.31. The highest BCUT2D eigenvalue weighted by Crippen LogP contribution is 2.24. The molecule has 23 heavy (non-hydrogen) atoms. The van der Waals surface area contributed by atoms with E-state index in [2.05, 4.69) is 96.6 Å². The molecular weight excluding hydrogens is 284 g/mol. The normalized spacial score (nSPS) is 11.2. The molecule has 3 aromatic rings. The van der Waals surface area contributed by atoms with Crippen LogP contribution in [0.2, 0.25) is 0 Å². The molecule has 0 N–H and O–H groups in total. The number of aryl methyl sites for hydroxylation is 4. The third-order valence-corrected chi connectivity index (χ3v) is 4.62. The number of rotatable bonds is 4. The molecule has 0 atom stereocenters.